The molecule has 0 fully saturated rings. The number of rotatable bonds is 7. The van der Waals surface area contributed by atoms with Crippen LogP contribution in [0, 0.1) is 10.1 Å². The summed E-state index contributed by atoms with van der Waals surface area (Å²) in [5.74, 6) is -2.42. The lowest BCUT2D eigenvalue weighted by atomic mass is 9.80. The molecule has 11 nitrogen and oxygen atoms in total. The van der Waals surface area contributed by atoms with Crippen LogP contribution in [0.1, 0.15) is 25.3 Å². The number of allylic oxidation sites excluding steroid dienone is 2. The Bertz CT molecular complexity index is 1320. The van der Waals surface area contributed by atoms with Gasteiger partial charge >= 0.3 is 11.9 Å². The number of esters is 2. The number of nitrogens with zero attached hydrogens (tertiary/aromatic N) is 1. The monoisotopic (exact) mass is 501 g/mol. The van der Waals surface area contributed by atoms with E-state index in [2.05, 4.69) is 10.0 Å². The maximum atomic E-state index is 13.1. The molecule has 0 atom stereocenters. The van der Waals surface area contributed by atoms with Gasteiger partial charge in [-0.25, -0.2) is 18.0 Å². The zero-order valence-electron chi connectivity index (χ0n) is 19.3. The number of ether oxygens (including phenoxy) is 2. The Balaban J connectivity index is 2.16. The van der Waals surface area contributed by atoms with Crippen molar-refractivity contribution in [1.29, 1.82) is 0 Å². The summed E-state index contributed by atoms with van der Waals surface area (Å²) >= 11 is 0. The number of carbonyl (C=O) groups excluding carboxylic acids is 2. The van der Waals surface area contributed by atoms with Gasteiger partial charge in [-0.1, -0.05) is 18.2 Å². The summed E-state index contributed by atoms with van der Waals surface area (Å²) in [7, 11) is -1.78. The first-order valence-electron chi connectivity index (χ1n) is 10.2. The molecule has 0 radical (unpaired) electrons. The van der Waals surface area contributed by atoms with Gasteiger partial charge in [0, 0.05) is 23.5 Å². The zero-order chi connectivity index (χ0) is 25.9. The summed E-state index contributed by atoms with van der Waals surface area (Å²) in [6.07, 6.45) is 0. The standard InChI is InChI=1S/C23H23N3O8S/c1-13-19(22(27)33-3)21(20(14(2)24-13)23(28)34-4)17-7-5-6-8-18(17)25-35(31,32)16-11-9-15(10-12-16)26(29)30/h5-12,21,24-25H,1-4H3. The fraction of sp³-hybridized carbons (Fsp3) is 0.217. The second-order valence-corrected chi connectivity index (χ2v) is 9.24. The maximum Gasteiger partial charge on any atom is 0.336 e. The SMILES string of the molecule is COC(=O)C1=C(C)NC(C)=C(C(=O)OC)C1c1ccccc1NS(=O)(=O)c1ccc([N+](=O)[O-])cc1. The molecule has 1 heterocycles. The third-order valence-corrected chi connectivity index (χ3v) is 6.83. The van der Waals surface area contributed by atoms with Crippen LogP contribution in [-0.2, 0) is 29.1 Å². The van der Waals surface area contributed by atoms with Gasteiger partial charge in [0.1, 0.15) is 0 Å². The predicted octanol–water partition coefficient (Wildman–Crippen LogP) is 2.98. The molecule has 0 aromatic heterocycles. The Labute approximate surface area is 201 Å². The lowest BCUT2D eigenvalue weighted by molar-refractivity contribution is -0.384. The molecule has 0 bridgehead atoms. The minimum atomic E-state index is -4.18. The van der Waals surface area contributed by atoms with E-state index in [1.807, 2.05) is 0 Å². The number of carbonyl (C=O) groups is 2. The third kappa shape index (κ3) is 5.01. The average molecular weight is 502 g/mol. The molecule has 184 valence electrons. The van der Waals surface area contributed by atoms with Crippen LogP contribution in [0.2, 0.25) is 0 Å². The molecular formula is C23H23N3O8S. The zero-order valence-corrected chi connectivity index (χ0v) is 20.1. The topological polar surface area (TPSA) is 154 Å². The van der Waals surface area contributed by atoms with Gasteiger partial charge < -0.3 is 14.8 Å². The summed E-state index contributed by atoms with van der Waals surface area (Å²) < 4.78 is 38.5. The predicted molar refractivity (Wildman–Crippen MR) is 126 cm³/mol. The van der Waals surface area contributed by atoms with E-state index >= 15 is 0 Å². The molecule has 3 rings (SSSR count). The van der Waals surface area contributed by atoms with E-state index < -0.39 is 32.8 Å². The van der Waals surface area contributed by atoms with Gasteiger partial charge in [-0.15, -0.1) is 0 Å². The van der Waals surface area contributed by atoms with Crippen molar-refractivity contribution in [3.63, 3.8) is 0 Å². The first kappa shape index (κ1) is 25.4. The van der Waals surface area contributed by atoms with Gasteiger partial charge in [-0.3, -0.25) is 14.8 Å². The fourth-order valence-electron chi connectivity index (χ4n) is 3.86. The summed E-state index contributed by atoms with van der Waals surface area (Å²) in [4.78, 5) is 35.5. The molecule has 2 N–H and O–H groups in total. The van der Waals surface area contributed by atoms with E-state index in [9.17, 15) is 28.1 Å². The van der Waals surface area contributed by atoms with Crippen LogP contribution in [0.4, 0.5) is 11.4 Å². The van der Waals surface area contributed by atoms with Crippen molar-refractivity contribution in [2.45, 2.75) is 24.7 Å². The number of nitro benzene ring substituents is 1. The summed E-state index contributed by atoms with van der Waals surface area (Å²) in [6.45, 7) is 3.28. The van der Waals surface area contributed by atoms with E-state index in [-0.39, 0.29) is 27.4 Å². The highest BCUT2D eigenvalue weighted by Gasteiger charge is 2.39. The maximum absolute atomic E-state index is 13.1. The number of nitrogens with one attached hydrogen (secondary N) is 2. The number of anilines is 1. The van der Waals surface area contributed by atoms with Gasteiger partial charge in [0.2, 0.25) is 0 Å². The van der Waals surface area contributed by atoms with Crippen LogP contribution in [0.15, 0.2) is 76.0 Å². The molecule has 12 heteroatoms. The molecule has 2 aromatic carbocycles. The molecule has 0 saturated heterocycles. The van der Waals surface area contributed by atoms with Gasteiger partial charge in [0.05, 0.1) is 46.8 Å². The first-order chi connectivity index (χ1) is 16.5. The molecule has 0 aliphatic carbocycles. The number of dihydropyridines is 1. The normalized spacial score (nSPS) is 14.3. The molecule has 2 aromatic rings. The molecular weight excluding hydrogens is 478 g/mol. The van der Waals surface area contributed by atoms with E-state index in [0.717, 1.165) is 24.3 Å². The number of para-hydroxylation sites is 1. The number of hydrogen-bond acceptors (Lipinski definition) is 9. The quantitative estimate of drug-likeness (QED) is 0.331. The van der Waals surface area contributed by atoms with E-state index in [1.54, 1.807) is 32.0 Å². The lowest BCUT2D eigenvalue weighted by Gasteiger charge is -2.31. The second kappa shape index (κ2) is 9.97. The van der Waals surface area contributed by atoms with Crippen LogP contribution in [0.5, 0.6) is 0 Å². The highest BCUT2D eigenvalue weighted by atomic mass is 32.2. The minimum absolute atomic E-state index is 0.0983. The highest BCUT2D eigenvalue weighted by molar-refractivity contribution is 7.92. The van der Waals surface area contributed by atoms with Crippen LogP contribution in [0.25, 0.3) is 0 Å². The van der Waals surface area contributed by atoms with Crippen LogP contribution < -0.4 is 10.0 Å². The summed E-state index contributed by atoms with van der Waals surface area (Å²) in [6, 6.07) is 10.7. The van der Waals surface area contributed by atoms with Crippen molar-refractivity contribution in [1.82, 2.24) is 5.32 Å². The smallest absolute Gasteiger partial charge is 0.336 e. The Morgan fingerprint density at radius 2 is 1.46 bits per heavy atom. The van der Waals surface area contributed by atoms with Crippen LogP contribution in [0.3, 0.4) is 0 Å². The summed E-state index contributed by atoms with van der Waals surface area (Å²) in [5.41, 5.74) is 1.23. The van der Waals surface area contributed by atoms with Gasteiger partial charge in [0.25, 0.3) is 15.7 Å². The average Bonchev–Trinajstić information content (AvgIpc) is 2.83. The first-order valence-corrected chi connectivity index (χ1v) is 11.7. The Morgan fingerprint density at radius 3 is 1.94 bits per heavy atom. The summed E-state index contributed by atoms with van der Waals surface area (Å²) in [5, 5.41) is 13.9. The molecule has 0 spiro atoms. The van der Waals surface area contributed by atoms with Gasteiger partial charge in [-0.2, -0.15) is 0 Å². The number of non-ortho nitro benzene ring substituents is 1. The van der Waals surface area contributed by atoms with Crippen LogP contribution in [-0.4, -0.2) is 39.5 Å². The van der Waals surface area contributed by atoms with E-state index in [1.165, 1.54) is 20.3 Å². The highest BCUT2D eigenvalue weighted by Crippen LogP contribution is 2.42. The lowest BCUT2D eigenvalue weighted by Crippen LogP contribution is -2.32. The van der Waals surface area contributed by atoms with Crippen molar-refractivity contribution >= 4 is 33.3 Å². The molecule has 1 aliphatic rings. The molecule has 35 heavy (non-hydrogen) atoms. The van der Waals surface area contributed by atoms with Crippen molar-refractivity contribution in [2.24, 2.45) is 0 Å². The fourth-order valence-corrected chi connectivity index (χ4v) is 4.95. The van der Waals surface area contributed by atoms with Crippen molar-refractivity contribution in [3.05, 3.63) is 86.7 Å². The molecule has 1 aliphatic heterocycles. The van der Waals surface area contributed by atoms with E-state index in [4.69, 9.17) is 9.47 Å². The van der Waals surface area contributed by atoms with Crippen LogP contribution >= 0.6 is 0 Å². The molecule has 0 unspecified atom stereocenters. The van der Waals surface area contributed by atoms with E-state index in [0.29, 0.717) is 17.0 Å². The number of nitro groups is 1. The third-order valence-electron chi connectivity index (χ3n) is 5.44. The van der Waals surface area contributed by atoms with Crippen molar-refractivity contribution in [3.8, 4) is 0 Å². The number of benzene rings is 2. The Kier molecular flexibility index (Phi) is 7.25. The Hall–Kier alpha value is -4.19. The van der Waals surface area contributed by atoms with Gasteiger partial charge in [0.15, 0.2) is 0 Å². The van der Waals surface area contributed by atoms with Crippen molar-refractivity contribution in [2.75, 3.05) is 18.9 Å². The second-order valence-electron chi connectivity index (χ2n) is 7.56. The largest absolute Gasteiger partial charge is 0.466 e. The minimum Gasteiger partial charge on any atom is -0.466 e. The number of hydrogen-bond donors (Lipinski definition) is 2. The molecule has 0 amide bonds. The van der Waals surface area contributed by atoms with Gasteiger partial charge in [-0.05, 0) is 37.6 Å². The number of sulfonamides is 1. The molecule has 0 saturated carbocycles. The number of methoxy groups -OCH3 is 2. The van der Waals surface area contributed by atoms with Crippen molar-refractivity contribution < 1.29 is 32.4 Å². The Morgan fingerprint density at radius 1 is 0.943 bits per heavy atom.